The third-order valence-electron chi connectivity index (χ3n) is 4.46. The summed E-state index contributed by atoms with van der Waals surface area (Å²) in [6.07, 6.45) is 0.591. The fraction of sp³-hybridized carbons (Fsp3) is 0.286. The van der Waals surface area contributed by atoms with Crippen molar-refractivity contribution in [2.24, 2.45) is 10.7 Å². The zero-order chi connectivity index (χ0) is 20.8. The topological polar surface area (TPSA) is 94.2 Å². The van der Waals surface area contributed by atoms with E-state index in [-0.39, 0.29) is 12.3 Å². The molecule has 0 bridgehead atoms. The van der Waals surface area contributed by atoms with Crippen LogP contribution in [0.25, 0.3) is 0 Å². The van der Waals surface area contributed by atoms with Gasteiger partial charge < -0.3 is 15.2 Å². The van der Waals surface area contributed by atoms with E-state index in [1.165, 1.54) is 11.8 Å². The van der Waals surface area contributed by atoms with Gasteiger partial charge in [0.25, 0.3) is 0 Å². The fourth-order valence-corrected chi connectivity index (χ4v) is 4.20. The van der Waals surface area contributed by atoms with Crippen LogP contribution in [0, 0.1) is 0 Å². The van der Waals surface area contributed by atoms with Gasteiger partial charge in [0, 0.05) is 13.0 Å². The van der Waals surface area contributed by atoms with E-state index in [4.69, 9.17) is 15.2 Å². The molecule has 0 saturated carbocycles. The van der Waals surface area contributed by atoms with Crippen LogP contribution in [0.1, 0.15) is 12.0 Å². The summed E-state index contributed by atoms with van der Waals surface area (Å²) in [5, 5.41) is 0.0355. The van der Waals surface area contributed by atoms with Crippen LogP contribution in [-0.2, 0) is 16.0 Å². The van der Waals surface area contributed by atoms with Crippen molar-refractivity contribution >= 4 is 34.4 Å². The van der Waals surface area contributed by atoms with E-state index in [1.54, 1.807) is 19.1 Å². The Morgan fingerprint density at radius 1 is 1.14 bits per heavy atom. The summed E-state index contributed by atoms with van der Waals surface area (Å²) in [4.78, 5) is 30.4. The Morgan fingerprint density at radius 2 is 1.86 bits per heavy atom. The number of methoxy groups -OCH3 is 2. The third kappa shape index (κ3) is 5.08. The van der Waals surface area contributed by atoms with E-state index in [0.717, 1.165) is 11.3 Å². The number of ether oxygens (including phenoxy) is 2. The molecular formula is C21H23N3O4S. The first kappa shape index (κ1) is 20.7. The van der Waals surface area contributed by atoms with Gasteiger partial charge in [-0.1, -0.05) is 36.0 Å². The minimum absolute atomic E-state index is 0.00975. The average Bonchev–Trinajstić information content (AvgIpc) is 3.00. The summed E-state index contributed by atoms with van der Waals surface area (Å²) in [6, 6.07) is 15.1. The normalized spacial score (nSPS) is 17.6. The molecule has 1 aliphatic heterocycles. The zero-order valence-corrected chi connectivity index (χ0v) is 17.1. The van der Waals surface area contributed by atoms with Crippen LogP contribution in [0.3, 0.4) is 0 Å². The molecule has 2 aromatic rings. The number of amides is 2. The van der Waals surface area contributed by atoms with Gasteiger partial charge in [-0.3, -0.25) is 14.5 Å². The third-order valence-corrected chi connectivity index (χ3v) is 5.63. The Kier molecular flexibility index (Phi) is 6.77. The van der Waals surface area contributed by atoms with Crippen molar-refractivity contribution in [3.63, 3.8) is 0 Å². The number of carbonyl (C=O) groups excluding carboxylic acids is 2. The number of aliphatic imine (C=N–C) groups is 1. The lowest BCUT2D eigenvalue weighted by Gasteiger charge is -2.17. The van der Waals surface area contributed by atoms with Gasteiger partial charge in [0.15, 0.2) is 16.7 Å². The molecule has 3 rings (SSSR count). The summed E-state index contributed by atoms with van der Waals surface area (Å²) in [5.74, 6) is 0.634. The second kappa shape index (κ2) is 9.47. The van der Waals surface area contributed by atoms with Gasteiger partial charge in [0.1, 0.15) is 5.25 Å². The molecule has 8 heteroatoms. The number of hydrogen-bond donors (Lipinski definition) is 1. The first-order valence-electron chi connectivity index (χ1n) is 9.12. The van der Waals surface area contributed by atoms with E-state index < -0.39 is 11.2 Å². The van der Waals surface area contributed by atoms with Crippen LogP contribution in [-0.4, -0.2) is 47.9 Å². The number of primary amides is 1. The highest BCUT2D eigenvalue weighted by atomic mass is 32.2. The second-order valence-electron chi connectivity index (χ2n) is 6.44. The first-order chi connectivity index (χ1) is 14.0. The predicted octanol–water partition coefficient (Wildman–Crippen LogP) is 2.75. The Balaban J connectivity index is 1.81. The molecule has 29 heavy (non-hydrogen) atoms. The van der Waals surface area contributed by atoms with E-state index in [2.05, 4.69) is 4.99 Å². The van der Waals surface area contributed by atoms with Crippen LogP contribution in [0.15, 0.2) is 53.5 Å². The van der Waals surface area contributed by atoms with Gasteiger partial charge in [0.05, 0.1) is 19.9 Å². The number of thioether (sulfide) groups is 1. The number of amidine groups is 1. The van der Waals surface area contributed by atoms with Crippen LogP contribution in [0.4, 0.5) is 5.69 Å². The lowest BCUT2D eigenvalue weighted by Crippen LogP contribution is -2.35. The van der Waals surface area contributed by atoms with Crippen LogP contribution < -0.4 is 15.2 Å². The number of nitrogens with zero attached hydrogens (tertiary/aromatic N) is 2. The quantitative estimate of drug-likeness (QED) is 0.718. The molecule has 152 valence electrons. The number of hydrogen-bond acceptors (Lipinski definition) is 6. The first-order valence-corrected chi connectivity index (χ1v) is 10.0. The molecular weight excluding hydrogens is 390 g/mol. The molecule has 0 aliphatic carbocycles. The van der Waals surface area contributed by atoms with Crippen LogP contribution >= 0.6 is 11.8 Å². The highest BCUT2D eigenvalue weighted by Crippen LogP contribution is 2.32. The van der Waals surface area contributed by atoms with Gasteiger partial charge in [0.2, 0.25) is 11.8 Å². The standard InChI is InChI=1S/C21H23N3O4S/c1-27-16-9-8-14(12-17(16)28-2)10-11-24-20(26)18(13-19(22)25)29-21(24)23-15-6-4-3-5-7-15/h3-9,12,18H,10-11,13H2,1-2H3,(H2,22,25)/t18-/m0/s1. The highest BCUT2D eigenvalue weighted by molar-refractivity contribution is 8.15. The molecule has 1 saturated heterocycles. The minimum atomic E-state index is -0.541. The maximum atomic E-state index is 12.9. The number of para-hydroxylation sites is 1. The molecule has 1 fully saturated rings. The lowest BCUT2D eigenvalue weighted by molar-refractivity contribution is -0.128. The van der Waals surface area contributed by atoms with Crippen molar-refractivity contribution in [3.05, 3.63) is 54.1 Å². The van der Waals surface area contributed by atoms with E-state index in [1.807, 2.05) is 48.5 Å². The number of rotatable bonds is 8. The monoisotopic (exact) mass is 413 g/mol. The molecule has 0 unspecified atom stereocenters. The van der Waals surface area contributed by atoms with Crippen molar-refractivity contribution in [1.82, 2.24) is 4.90 Å². The molecule has 2 amide bonds. The van der Waals surface area contributed by atoms with E-state index in [0.29, 0.717) is 29.6 Å². The molecule has 2 aromatic carbocycles. The summed E-state index contributed by atoms with van der Waals surface area (Å²) >= 11 is 1.28. The number of carbonyl (C=O) groups is 2. The van der Waals surface area contributed by atoms with E-state index in [9.17, 15) is 9.59 Å². The summed E-state index contributed by atoms with van der Waals surface area (Å²) in [7, 11) is 3.17. The summed E-state index contributed by atoms with van der Waals surface area (Å²) < 4.78 is 10.6. The Labute approximate surface area is 173 Å². The molecule has 2 N–H and O–H groups in total. The van der Waals surface area contributed by atoms with Gasteiger partial charge in [-0.2, -0.15) is 0 Å². The largest absolute Gasteiger partial charge is 0.493 e. The summed E-state index contributed by atoms with van der Waals surface area (Å²) in [6.45, 7) is 0.433. The van der Waals surface area contributed by atoms with Crippen molar-refractivity contribution in [3.8, 4) is 11.5 Å². The summed E-state index contributed by atoms with van der Waals surface area (Å²) in [5.41, 5.74) is 7.06. The molecule has 7 nitrogen and oxygen atoms in total. The van der Waals surface area contributed by atoms with Gasteiger partial charge >= 0.3 is 0 Å². The Bertz CT molecular complexity index is 917. The van der Waals surface area contributed by atoms with Crippen molar-refractivity contribution in [2.45, 2.75) is 18.1 Å². The average molecular weight is 413 g/mol. The predicted molar refractivity (Wildman–Crippen MR) is 114 cm³/mol. The van der Waals surface area contributed by atoms with Crippen molar-refractivity contribution in [2.75, 3.05) is 20.8 Å². The SMILES string of the molecule is COc1ccc(CCN2C(=O)[C@H](CC(N)=O)SC2=Nc2ccccc2)cc1OC. The van der Waals surface area contributed by atoms with Crippen LogP contribution in [0.5, 0.6) is 11.5 Å². The fourth-order valence-electron chi connectivity index (χ4n) is 3.00. The zero-order valence-electron chi connectivity index (χ0n) is 16.3. The van der Waals surface area contributed by atoms with Gasteiger partial charge in [-0.25, -0.2) is 4.99 Å². The number of nitrogens with two attached hydrogens (primary N) is 1. The lowest BCUT2D eigenvalue weighted by atomic mass is 10.1. The molecule has 1 aliphatic rings. The van der Waals surface area contributed by atoms with E-state index >= 15 is 0 Å². The molecule has 1 atom stereocenters. The van der Waals surface area contributed by atoms with Gasteiger partial charge in [-0.15, -0.1) is 0 Å². The second-order valence-corrected chi connectivity index (χ2v) is 7.61. The Morgan fingerprint density at radius 3 is 2.52 bits per heavy atom. The van der Waals surface area contributed by atoms with Crippen molar-refractivity contribution in [1.29, 1.82) is 0 Å². The molecule has 0 spiro atoms. The van der Waals surface area contributed by atoms with Crippen LogP contribution in [0.2, 0.25) is 0 Å². The minimum Gasteiger partial charge on any atom is -0.493 e. The molecule has 1 heterocycles. The maximum absolute atomic E-state index is 12.9. The van der Waals surface area contributed by atoms with Gasteiger partial charge in [-0.05, 0) is 36.2 Å². The smallest absolute Gasteiger partial charge is 0.242 e. The maximum Gasteiger partial charge on any atom is 0.242 e. The molecule has 0 aromatic heterocycles. The highest BCUT2D eigenvalue weighted by Gasteiger charge is 2.38. The number of benzene rings is 2. The van der Waals surface area contributed by atoms with Crippen molar-refractivity contribution < 1.29 is 19.1 Å². The molecule has 0 radical (unpaired) electrons. The Hall–Kier alpha value is -3.00.